The number of amides is 1. The number of rotatable bonds is 5. The number of hydrazone groups is 1. The van der Waals surface area contributed by atoms with Gasteiger partial charge in [0.25, 0.3) is 5.91 Å². The Labute approximate surface area is 140 Å². The number of hydrogen-bond acceptors (Lipinski definition) is 4. The first-order chi connectivity index (χ1) is 11.7. The fourth-order valence-corrected chi connectivity index (χ4v) is 2.19. The van der Waals surface area contributed by atoms with E-state index in [1.807, 2.05) is 54.6 Å². The van der Waals surface area contributed by atoms with Gasteiger partial charge in [0.2, 0.25) is 0 Å². The number of ether oxygens (including phenoxy) is 1. The molecule has 0 bridgehead atoms. The second-order valence-electron chi connectivity index (χ2n) is 5.26. The Bertz CT molecular complexity index is 863. The molecule has 3 rings (SSSR count). The second kappa shape index (κ2) is 7.37. The van der Waals surface area contributed by atoms with Crippen LogP contribution in [0.5, 0.6) is 5.75 Å². The van der Waals surface area contributed by atoms with Gasteiger partial charge >= 0.3 is 0 Å². The molecule has 1 amide bonds. The van der Waals surface area contributed by atoms with Crippen molar-refractivity contribution in [3.8, 4) is 5.75 Å². The molecule has 1 N–H and O–H groups in total. The summed E-state index contributed by atoms with van der Waals surface area (Å²) in [6.45, 7) is 1.68. The maximum atomic E-state index is 12.0. The zero-order valence-corrected chi connectivity index (χ0v) is 13.2. The summed E-state index contributed by atoms with van der Waals surface area (Å²) >= 11 is 0. The van der Waals surface area contributed by atoms with Crippen molar-refractivity contribution in [3.05, 3.63) is 72.4 Å². The van der Waals surface area contributed by atoms with Gasteiger partial charge in [-0.3, -0.25) is 9.78 Å². The summed E-state index contributed by atoms with van der Waals surface area (Å²) in [6.07, 6.45) is 2.67. The minimum absolute atomic E-state index is 0.312. The van der Waals surface area contributed by atoms with E-state index in [9.17, 15) is 4.79 Å². The lowest BCUT2D eigenvalue weighted by molar-refractivity contribution is -0.127. The van der Waals surface area contributed by atoms with Gasteiger partial charge < -0.3 is 4.74 Å². The number of pyridine rings is 1. The van der Waals surface area contributed by atoms with E-state index in [1.54, 1.807) is 25.4 Å². The maximum Gasteiger partial charge on any atom is 0.280 e. The number of nitrogens with one attached hydrogen (secondary N) is 1. The quantitative estimate of drug-likeness (QED) is 0.580. The molecule has 1 aromatic heterocycles. The molecule has 5 nitrogen and oxygen atoms in total. The van der Waals surface area contributed by atoms with Crippen molar-refractivity contribution in [3.63, 3.8) is 0 Å². The highest BCUT2D eigenvalue weighted by atomic mass is 16.5. The number of carbonyl (C=O) groups is 1. The molecule has 120 valence electrons. The highest BCUT2D eigenvalue weighted by molar-refractivity contribution is 5.84. The lowest BCUT2D eigenvalue weighted by Crippen LogP contribution is -2.33. The van der Waals surface area contributed by atoms with Crippen LogP contribution in [0.25, 0.3) is 10.9 Å². The Morgan fingerprint density at radius 3 is 2.83 bits per heavy atom. The molecule has 0 saturated heterocycles. The molecule has 2 aromatic carbocycles. The number of nitrogens with zero attached hydrogens (tertiary/aromatic N) is 2. The van der Waals surface area contributed by atoms with Gasteiger partial charge in [-0.15, -0.1) is 0 Å². The van der Waals surface area contributed by atoms with Crippen LogP contribution in [0.4, 0.5) is 0 Å². The van der Waals surface area contributed by atoms with Gasteiger partial charge in [-0.1, -0.05) is 36.4 Å². The third-order valence-corrected chi connectivity index (χ3v) is 3.44. The molecule has 0 aliphatic rings. The van der Waals surface area contributed by atoms with Gasteiger partial charge in [0, 0.05) is 11.6 Å². The molecule has 0 aliphatic carbocycles. The molecule has 0 saturated carbocycles. The summed E-state index contributed by atoms with van der Waals surface area (Å²) in [6, 6.07) is 18.9. The van der Waals surface area contributed by atoms with E-state index < -0.39 is 6.10 Å². The number of aromatic nitrogens is 1. The van der Waals surface area contributed by atoms with Crippen LogP contribution in [0, 0.1) is 0 Å². The monoisotopic (exact) mass is 319 g/mol. The van der Waals surface area contributed by atoms with E-state index in [2.05, 4.69) is 15.5 Å². The fraction of sp³-hybridized carbons (Fsp3) is 0.105. The van der Waals surface area contributed by atoms with Crippen LogP contribution in [0.15, 0.2) is 72.0 Å². The zero-order chi connectivity index (χ0) is 16.8. The molecule has 0 spiro atoms. The Morgan fingerprint density at radius 2 is 2.00 bits per heavy atom. The number of fused-ring (bicyclic) bond motifs is 1. The van der Waals surface area contributed by atoms with E-state index in [4.69, 9.17) is 4.74 Å². The summed E-state index contributed by atoms with van der Waals surface area (Å²) in [5, 5.41) is 4.90. The van der Waals surface area contributed by atoms with Gasteiger partial charge in [-0.05, 0) is 36.8 Å². The average molecular weight is 319 g/mol. The van der Waals surface area contributed by atoms with Crippen molar-refractivity contribution >= 4 is 23.0 Å². The molecule has 1 atom stereocenters. The van der Waals surface area contributed by atoms with Crippen LogP contribution < -0.4 is 10.2 Å². The number of hydrogen-bond donors (Lipinski definition) is 1. The molecular formula is C19H17N3O2. The van der Waals surface area contributed by atoms with Crippen LogP contribution in [0.2, 0.25) is 0 Å². The summed E-state index contributed by atoms with van der Waals surface area (Å²) in [4.78, 5) is 16.3. The summed E-state index contributed by atoms with van der Waals surface area (Å²) in [5.41, 5.74) is 4.28. The Balaban J connectivity index is 1.59. The Kier molecular flexibility index (Phi) is 4.81. The van der Waals surface area contributed by atoms with Gasteiger partial charge in [-0.2, -0.15) is 5.10 Å². The van der Waals surface area contributed by atoms with Gasteiger partial charge in [0.05, 0.1) is 11.7 Å². The molecule has 0 radical (unpaired) electrons. The topological polar surface area (TPSA) is 63.6 Å². The van der Waals surface area contributed by atoms with Crippen molar-refractivity contribution in [1.29, 1.82) is 0 Å². The lowest BCUT2D eigenvalue weighted by Gasteiger charge is -2.13. The summed E-state index contributed by atoms with van der Waals surface area (Å²) in [7, 11) is 0. The standard InChI is InChI=1S/C19H17N3O2/c1-14(19(23)22-21-13-15-6-3-2-4-7-15)24-17-9-10-18-16(12-17)8-5-11-20-18/h2-14H,1H3,(H,22,23)/b21-13+. The van der Waals surface area contributed by atoms with Crippen LogP contribution in [-0.4, -0.2) is 23.2 Å². The van der Waals surface area contributed by atoms with E-state index >= 15 is 0 Å². The highest BCUT2D eigenvalue weighted by Gasteiger charge is 2.14. The van der Waals surface area contributed by atoms with Crippen LogP contribution in [-0.2, 0) is 4.79 Å². The predicted molar refractivity (Wildman–Crippen MR) is 94.0 cm³/mol. The summed E-state index contributed by atoms with van der Waals surface area (Å²) in [5.74, 6) is 0.304. The number of carbonyl (C=O) groups excluding carboxylic acids is 1. The SMILES string of the molecule is CC(Oc1ccc2ncccc2c1)C(=O)N/N=C/c1ccccc1. The Morgan fingerprint density at radius 1 is 1.17 bits per heavy atom. The molecule has 1 heterocycles. The van der Waals surface area contributed by atoms with Crippen LogP contribution in [0.1, 0.15) is 12.5 Å². The molecule has 1 unspecified atom stereocenters. The van der Waals surface area contributed by atoms with Crippen molar-refractivity contribution in [2.75, 3.05) is 0 Å². The third kappa shape index (κ3) is 3.95. The first-order valence-corrected chi connectivity index (χ1v) is 7.62. The fourth-order valence-electron chi connectivity index (χ4n) is 2.19. The minimum Gasteiger partial charge on any atom is -0.481 e. The highest BCUT2D eigenvalue weighted by Crippen LogP contribution is 2.19. The minimum atomic E-state index is -0.660. The van der Waals surface area contributed by atoms with E-state index in [1.165, 1.54) is 0 Å². The van der Waals surface area contributed by atoms with E-state index in [0.29, 0.717) is 5.75 Å². The number of benzene rings is 2. The first-order valence-electron chi connectivity index (χ1n) is 7.62. The van der Waals surface area contributed by atoms with E-state index in [-0.39, 0.29) is 5.91 Å². The maximum absolute atomic E-state index is 12.0. The predicted octanol–water partition coefficient (Wildman–Crippen LogP) is 3.15. The largest absolute Gasteiger partial charge is 0.481 e. The second-order valence-corrected chi connectivity index (χ2v) is 5.26. The molecule has 0 aliphatic heterocycles. The average Bonchev–Trinajstić information content (AvgIpc) is 2.62. The van der Waals surface area contributed by atoms with Crippen LogP contribution >= 0.6 is 0 Å². The lowest BCUT2D eigenvalue weighted by atomic mass is 10.2. The Hall–Kier alpha value is -3.21. The normalized spacial score (nSPS) is 12.2. The zero-order valence-electron chi connectivity index (χ0n) is 13.2. The van der Waals surface area contributed by atoms with Gasteiger partial charge in [0.1, 0.15) is 5.75 Å². The first kappa shape index (κ1) is 15.7. The van der Waals surface area contributed by atoms with Crippen molar-refractivity contribution in [1.82, 2.24) is 10.4 Å². The van der Waals surface area contributed by atoms with Crippen molar-refractivity contribution in [2.24, 2.45) is 5.10 Å². The third-order valence-electron chi connectivity index (χ3n) is 3.44. The van der Waals surface area contributed by atoms with Crippen molar-refractivity contribution < 1.29 is 9.53 Å². The summed E-state index contributed by atoms with van der Waals surface area (Å²) < 4.78 is 5.67. The van der Waals surface area contributed by atoms with Gasteiger partial charge in [0.15, 0.2) is 6.10 Å². The van der Waals surface area contributed by atoms with Crippen molar-refractivity contribution in [2.45, 2.75) is 13.0 Å². The van der Waals surface area contributed by atoms with E-state index in [0.717, 1.165) is 16.5 Å². The molecule has 5 heteroatoms. The molecule has 24 heavy (non-hydrogen) atoms. The van der Waals surface area contributed by atoms with Gasteiger partial charge in [-0.25, -0.2) is 5.43 Å². The molecular weight excluding hydrogens is 302 g/mol. The smallest absolute Gasteiger partial charge is 0.280 e. The molecule has 0 fully saturated rings. The van der Waals surface area contributed by atoms with Crippen LogP contribution in [0.3, 0.4) is 0 Å². The molecule has 3 aromatic rings.